The molecule has 0 aromatic carbocycles. The van der Waals surface area contributed by atoms with Crippen LogP contribution in [0, 0.1) is 29.6 Å². The Morgan fingerprint density at radius 3 is 2.29 bits per heavy atom. The van der Waals surface area contributed by atoms with E-state index >= 15 is 0 Å². The van der Waals surface area contributed by atoms with E-state index in [-0.39, 0.29) is 5.92 Å². The smallest absolute Gasteiger partial charge is 0.306 e. The van der Waals surface area contributed by atoms with Gasteiger partial charge in [0.2, 0.25) is 0 Å². The van der Waals surface area contributed by atoms with Crippen LogP contribution >= 0.6 is 0 Å². The first-order valence-electron chi connectivity index (χ1n) is 7.45. The van der Waals surface area contributed by atoms with Crippen LogP contribution < -0.4 is 0 Å². The predicted octanol–water partition coefficient (Wildman–Crippen LogP) is 3.70. The highest BCUT2D eigenvalue weighted by atomic mass is 16.4. The lowest BCUT2D eigenvalue weighted by atomic mass is 9.75. The third-order valence-corrected chi connectivity index (χ3v) is 5.72. The molecule has 3 aliphatic rings. The van der Waals surface area contributed by atoms with E-state index in [4.69, 9.17) is 5.11 Å². The van der Waals surface area contributed by atoms with Gasteiger partial charge in [-0.3, -0.25) is 4.79 Å². The first-order chi connectivity index (χ1) is 8.22. The maximum atomic E-state index is 10.9. The molecule has 3 fully saturated rings. The maximum Gasteiger partial charge on any atom is 0.306 e. The standard InChI is InChI=1S/C15H24O2/c16-15(17)12-4-1-10(2-5-12)7-14-9-11-3-6-13(14)8-11/h10-14H,1-9H2,(H,16,17)/t10?,11-,12?,13-,14-/m1/s1. The van der Waals surface area contributed by atoms with Crippen LogP contribution in [0.1, 0.15) is 57.8 Å². The summed E-state index contributed by atoms with van der Waals surface area (Å²) in [6, 6.07) is 0. The fraction of sp³-hybridized carbons (Fsp3) is 0.933. The third-order valence-electron chi connectivity index (χ3n) is 5.72. The van der Waals surface area contributed by atoms with Crippen LogP contribution in [-0.4, -0.2) is 11.1 Å². The molecule has 0 amide bonds. The molecule has 2 bridgehead atoms. The summed E-state index contributed by atoms with van der Waals surface area (Å²) in [5.41, 5.74) is 0. The summed E-state index contributed by atoms with van der Waals surface area (Å²) in [4.78, 5) is 10.9. The maximum absolute atomic E-state index is 10.9. The van der Waals surface area contributed by atoms with Crippen molar-refractivity contribution in [2.45, 2.75) is 57.8 Å². The minimum Gasteiger partial charge on any atom is -0.481 e. The minimum atomic E-state index is -0.566. The first-order valence-corrected chi connectivity index (χ1v) is 7.45. The molecule has 0 saturated heterocycles. The number of aliphatic carboxylic acids is 1. The molecule has 0 radical (unpaired) electrons. The molecule has 3 saturated carbocycles. The summed E-state index contributed by atoms with van der Waals surface area (Å²) in [7, 11) is 0. The summed E-state index contributed by atoms with van der Waals surface area (Å²) in [5.74, 6) is 3.34. The molecule has 0 heterocycles. The number of hydrogen-bond acceptors (Lipinski definition) is 1. The second-order valence-electron chi connectivity index (χ2n) is 6.73. The number of hydrogen-bond donors (Lipinski definition) is 1. The number of carboxylic acid groups (broad SMARTS) is 1. The highest BCUT2D eigenvalue weighted by molar-refractivity contribution is 5.69. The van der Waals surface area contributed by atoms with Crippen molar-refractivity contribution in [3.05, 3.63) is 0 Å². The molecule has 3 atom stereocenters. The molecule has 3 rings (SSSR count). The Morgan fingerprint density at radius 2 is 1.76 bits per heavy atom. The lowest BCUT2D eigenvalue weighted by Crippen LogP contribution is -2.24. The average Bonchev–Trinajstić information content (AvgIpc) is 2.91. The quantitative estimate of drug-likeness (QED) is 0.811. The van der Waals surface area contributed by atoms with E-state index in [9.17, 15) is 4.79 Å². The van der Waals surface area contributed by atoms with Gasteiger partial charge in [-0.25, -0.2) is 0 Å². The van der Waals surface area contributed by atoms with Crippen molar-refractivity contribution in [3.8, 4) is 0 Å². The number of fused-ring (bicyclic) bond motifs is 2. The van der Waals surface area contributed by atoms with Gasteiger partial charge in [-0.2, -0.15) is 0 Å². The van der Waals surface area contributed by atoms with Crippen molar-refractivity contribution in [3.63, 3.8) is 0 Å². The Balaban J connectivity index is 1.46. The van der Waals surface area contributed by atoms with Crippen LogP contribution in [0.4, 0.5) is 0 Å². The van der Waals surface area contributed by atoms with Crippen LogP contribution in [0.3, 0.4) is 0 Å². The van der Waals surface area contributed by atoms with Gasteiger partial charge in [-0.1, -0.05) is 6.42 Å². The predicted molar refractivity (Wildman–Crippen MR) is 66.6 cm³/mol. The van der Waals surface area contributed by atoms with Gasteiger partial charge < -0.3 is 5.11 Å². The van der Waals surface area contributed by atoms with E-state index in [1.165, 1.54) is 44.9 Å². The van der Waals surface area contributed by atoms with Gasteiger partial charge in [0.1, 0.15) is 0 Å². The summed E-state index contributed by atoms with van der Waals surface area (Å²) in [5, 5.41) is 8.99. The topological polar surface area (TPSA) is 37.3 Å². The van der Waals surface area contributed by atoms with Crippen molar-refractivity contribution in [2.24, 2.45) is 29.6 Å². The summed E-state index contributed by atoms with van der Waals surface area (Å²) in [6.45, 7) is 0. The van der Waals surface area contributed by atoms with Gasteiger partial charge in [-0.05, 0) is 75.0 Å². The number of carbonyl (C=O) groups is 1. The molecule has 96 valence electrons. The van der Waals surface area contributed by atoms with Crippen molar-refractivity contribution in [1.29, 1.82) is 0 Å². The van der Waals surface area contributed by atoms with E-state index in [0.29, 0.717) is 0 Å². The Hall–Kier alpha value is -0.530. The van der Waals surface area contributed by atoms with Crippen molar-refractivity contribution < 1.29 is 9.90 Å². The number of carboxylic acids is 1. The molecular weight excluding hydrogens is 212 g/mol. The Bertz CT molecular complexity index is 291. The van der Waals surface area contributed by atoms with Crippen molar-refractivity contribution >= 4 is 5.97 Å². The van der Waals surface area contributed by atoms with E-state index < -0.39 is 5.97 Å². The fourth-order valence-electron chi connectivity index (χ4n) is 4.74. The molecule has 0 aliphatic heterocycles. The largest absolute Gasteiger partial charge is 0.481 e. The SMILES string of the molecule is O=C(O)C1CCC(C[C@@H]2C[C@@H]3CC[C@@H]2C3)CC1. The van der Waals surface area contributed by atoms with Crippen LogP contribution in [0.5, 0.6) is 0 Å². The molecule has 17 heavy (non-hydrogen) atoms. The third kappa shape index (κ3) is 2.36. The van der Waals surface area contributed by atoms with E-state index in [1.807, 2.05) is 0 Å². The van der Waals surface area contributed by atoms with Crippen LogP contribution in [-0.2, 0) is 4.79 Å². The van der Waals surface area contributed by atoms with Crippen molar-refractivity contribution in [2.75, 3.05) is 0 Å². The van der Waals surface area contributed by atoms with E-state index in [1.54, 1.807) is 0 Å². The second kappa shape index (κ2) is 4.62. The van der Waals surface area contributed by atoms with Gasteiger partial charge in [-0.15, -0.1) is 0 Å². The zero-order chi connectivity index (χ0) is 11.8. The Morgan fingerprint density at radius 1 is 1.00 bits per heavy atom. The van der Waals surface area contributed by atoms with Crippen LogP contribution in [0.2, 0.25) is 0 Å². The fourth-order valence-corrected chi connectivity index (χ4v) is 4.74. The average molecular weight is 236 g/mol. The van der Waals surface area contributed by atoms with Gasteiger partial charge >= 0.3 is 5.97 Å². The summed E-state index contributed by atoms with van der Waals surface area (Å²) in [6.07, 6.45) is 11.6. The van der Waals surface area contributed by atoms with Gasteiger partial charge in [0.05, 0.1) is 5.92 Å². The zero-order valence-corrected chi connectivity index (χ0v) is 10.6. The molecule has 3 aliphatic carbocycles. The van der Waals surface area contributed by atoms with Crippen LogP contribution in [0.25, 0.3) is 0 Å². The number of rotatable bonds is 3. The molecule has 0 spiro atoms. The monoisotopic (exact) mass is 236 g/mol. The molecule has 2 nitrogen and oxygen atoms in total. The molecule has 0 unspecified atom stereocenters. The Labute approximate surface area is 104 Å². The van der Waals surface area contributed by atoms with Gasteiger partial charge in [0.15, 0.2) is 0 Å². The first kappa shape index (κ1) is 11.6. The molecule has 1 N–H and O–H groups in total. The summed E-state index contributed by atoms with van der Waals surface area (Å²) >= 11 is 0. The Kier molecular flexibility index (Phi) is 3.14. The lowest BCUT2D eigenvalue weighted by molar-refractivity contribution is -0.143. The van der Waals surface area contributed by atoms with E-state index in [0.717, 1.165) is 36.5 Å². The van der Waals surface area contributed by atoms with Crippen molar-refractivity contribution in [1.82, 2.24) is 0 Å². The molecule has 0 aromatic heterocycles. The zero-order valence-electron chi connectivity index (χ0n) is 10.6. The normalized spacial score (nSPS) is 45.1. The van der Waals surface area contributed by atoms with Gasteiger partial charge in [0, 0.05) is 0 Å². The molecule has 0 aromatic rings. The summed E-state index contributed by atoms with van der Waals surface area (Å²) < 4.78 is 0. The highest BCUT2D eigenvalue weighted by Gasteiger charge is 2.40. The van der Waals surface area contributed by atoms with Gasteiger partial charge in [0.25, 0.3) is 0 Å². The minimum absolute atomic E-state index is 0.0359. The molecule has 2 heteroatoms. The second-order valence-corrected chi connectivity index (χ2v) is 6.73. The highest BCUT2D eigenvalue weighted by Crippen LogP contribution is 2.51. The van der Waals surface area contributed by atoms with Crippen LogP contribution in [0.15, 0.2) is 0 Å². The lowest BCUT2D eigenvalue weighted by Gasteiger charge is -2.31. The molecular formula is C15H24O2. The van der Waals surface area contributed by atoms with E-state index in [2.05, 4.69) is 0 Å².